The molecule has 1 aliphatic carbocycles. The molecule has 0 saturated heterocycles. The molecule has 2 aromatic rings. The quantitative estimate of drug-likeness (QED) is 0.356. The van der Waals surface area contributed by atoms with E-state index in [0.29, 0.717) is 31.4 Å². The van der Waals surface area contributed by atoms with Crippen LogP contribution in [0.15, 0.2) is 36.4 Å². The summed E-state index contributed by atoms with van der Waals surface area (Å²) in [6, 6.07) is 9.50. The Hall–Kier alpha value is -3.47. The van der Waals surface area contributed by atoms with Crippen molar-refractivity contribution in [3.8, 4) is 11.8 Å². The zero-order valence-electron chi connectivity index (χ0n) is 19.8. The molecule has 3 amide bonds. The molecule has 35 heavy (non-hydrogen) atoms. The third kappa shape index (κ3) is 6.36. The zero-order valence-corrected chi connectivity index (χ0v) is 19.8. The number of hydrogen-bond acceptors (Lipinski definition) is 6. The van der Waals surface area contributed by atoms with Gasteiger partial charge in [-0.3, -0.25) is 14.9 Å². The summed E-state index contributed by atoms with van der Waals surface area (Å²) in [7, 11) is 1.34. The summed E-state index contributed by atoms with van der Waals surface area (Å²) >= 11 is 0. The number of amides is 3. The van der Waals surface area contributed by atoms with E-state index in [1.165, 1.54) is 19.2 Å². The lowest BCUT2D eigenvalue weighted by molar-refractivity contribution is -0.134. The highest BCUT2D eigenvalue weighted by atomic mass is 19.3. The van der Waals surface area contributed by atoms with Crippen molar-refractivity contribution in [3.05, 3.63) is 42.0 Å². The molecule has 1 saturated carbocycles. The predicted octanol–water partition coefficient (Wildman–Crippen LogP) is 4.92. The molecule has 1 aromatic heterocycles. The van der Waals surface area contributed by atoms with Gasteiger partial charge < -0.3 is 14.8 Å². The van der Waals surface area contributed by atoms with E-state index in [1.807, 2.05) is 38.1 Å². The number of halogens is 2. The minimum atomic E-state index is -3.14. The van der Waals surface area contributed by atoms with Crippen LogP contribution in [0.4, 0.5) is 25.0 Å². The largest absolute Gasteiger partial charge is 0.481 e. The van der Waals surface area contributed by atoms with E-state index in [0.717, 1.165) is 5.56 Å². The lowest BCUT2D eigenvalue weighted by Crippen LogP contribution is -2.46. The number of pyridine rings is 1. The number of para-hydroxylation sites is 1. The van der Waals surface area contributed by atoms with Crippen molar-refractivity contribution in [2.75, 3.05) is 17.3 Å². The van der Waals surface area contributed by atoms with Crippen molar-refractivity contribution in [1.29, 1.82) is 0 Å². The van der Waals surface area contributed by atoms with Crippen molar-refractivity contribution >= 4 is 23.3 Å². The van der Waals surface area contributed by atoms with E-state index in [9.17, 15) is 18.4 Å². The van der Waals surface area contributed by atoms with Gasteiger partial charge in [0.15, 0.2) is 0 Å². The van der Waals surface area contributed by atoms with E-state index < -0.39 is 24.4 Å². The maximum atomic E-state index is 13.6. The number of hydroxylamine groups is 1. The lowest BCUT2D eigenvalue weighted by atomic mass is 9.84. The number of ether oxygens (including phenoxy) is 2. The molecule has 3 N–H and O–H groups in total. The molecular weight excluding hydrogens is 462 g/mol. The number of rotatable bonds is 8. The van der Waals surface area contributed by atoms with Gasteiger partial charge in [0, 0.05) is 23.7 Å². The van der Waals surface area contributed by atoms with Gasteiger partial charge in [0.05, 0.1) is 7.11 Å². The fraction of sp³-hybridized carbons (Fsp3) is 0.458. The Labute approximate surface area is 202 Å². The molecule has 1 fully saturated rings. The average molecular weight is 493 g/mol. The first-order chi connectivity index (χ1) is 16.7. The Balaban J connectivity index is 1.95. The molecule has 11 heteroatoms. The number of alkyl halides is 2. The van der Waals surface area contributed by atoms with Gasteiger partial charge in [-0.15, -0.1) is 0 Å². The van der Waals surface area contributed by atoms with Crippen LogP contribution >= 0.6 is 0 Å². The smallest absolute Gasteiger partial charge is 0.388 e. The van der Waals surface area contributed by atoms with Crippen molar-refractivity contribution in [2.24, 2.45) is 5.92 Å². The van der Waals surface area contributed by atoms with E-state index in [1.54, 1.807) is 10.4 Å². The molecule has 1 heterocycles. The fourth-order valence-electron chi connectivity index (χ4n) is 4.34. The van der Waals surface area contributed by atoms with Crippen LogP contribution in [-0.4, -0.2) is 41.9 Å². The number of anilines is 2. The van der Waals surface area contributed by atoms with Crippen LogP contribution in [0.25, 0.3) is 0 Å². The van der Waals surface area contributed by atoms with Crippen LogP contribution in [0.2, 0.25) is 0 Å². The van der Waals surface area contributed by atoms with Gasteiger partial charge in [0.1, 0.15) is 5.69 Å². The molecule has 1 aliphatic rings. The van der Waals surface area contributed by atoms with Gasteiger partial charge in [-0.2, -0.15) is 13.8 Å². The van der Waals surface area contributed by atoms with Crippen LogP contribution in [0.5, 0.6) is 11.8 Å². The number of nitrogens with zero attached hydrogens (tertiary/aromatic N) is 2. The highest BCUT2D eigenvalue weighted by Gasteiger charge is 2.34. The summed E-state index contributed by atoms with van der Waals surface area (Å²) in [4.78, 5) is 31.0. The summed E-state index contributed by atoms with van der Waals surface area (Å²) in [6.45, 7) is 0.884. The summed E-state index contributed by atoms with van der Waals surface area (Å²) in [6.07, 6.45) is 1.99. The highest BCUT2D eigenvalue weighted by molar-refractivity contribution is 6.03. The standard InChI is InChI=1S/C24H30F2N4O5/c1-14(2)17-6-4-5-7-19(17)30(16-10-8-15(9-11-16)21(31)29-33)24(32)27-18-12-13-20(34-3)28-22(18)35-23(25)26/h4-7,12-16,23,33H,8-11H2,1-3H3,(H,27,32)(H,29,31). The van der Waals surface area contributed by atoms with E-state index in [2.05, 4.69) is 15.0 Å². The second kappa shape index (κ2) is 11.8. The molecule has 0 radical (unpaired) electrons. The number of benzene rings is 1. The number of carbonyl (C=O) groups excluding carboxylic acids is 2. The minimum absolute atomic E-state index is 0.0310. The summed E-state index contributed by atoms with van der Waals surface area (Å²) in [5, 5.41) is 11.6. The van der Waals surface area contributed by atoms with Gasteiger partial charge >= 0.3 is 12.6 Å². The number of nitrogens with one attached hydrogen (secondary N) is 2. The molecule has 0 atom stereocenters. The monoisotopic (exact) mass is 492 g/mol. The van der Waals surface area contributed by atoms with Gasteiger partial charge in [-0.1, -0.05) is 32.0 Å². The van der Waals surface area contributed by atoms with Crippen LogP contribution in [-0.2, 0) is 4.79 Å². The normalized spacial score (nSPS) is 17.7. The summed E-state index contributed by atoms with van der Waals surface area (Å²) in [5.74, 6) is -1.09. The van der Waals surface area contributed by atoms with Crippen LogP contribution in [0.3, 0.4) is 0 Å². The van der Waals surface area contributed by atoms with Crippen molar-refractivity contribution in [3.63, 3.8) is 0 Å². The third-order valence-corrected chi connectivity index (χ3v) is 6.07. The Morgan fingerprint density at radius 1 is 1.11 bits per heavy atom. The Kier molecular flexibility index (Phi) is 8.80. The van der Waals surface area contributed by atoms with Gasteiger partial charge in [0.25, 0.3) is 0 Å². The number of urea groups is 1. The van der Waals surface area contributed by atoms with E-state index in [4.69, 9.17) is 9.94 Å². The topological polar surface area (TPSA) is 113 Å². The Morgan fingerprint density at radius 3 is 2.40 bits per heavy atom. The summed E-state index contributed by atoms with van der Waals surface area (Å²) < 4.78 is 35.5. The van der Waals surface area contributed by atoms with Gasteiger partial charge in [0.2, 0.25) is 17.7 Å². The van der Waals surface area contributed by atoms with Gasteiger partial charge in [-0.05, 0) is 49.3 Å². The third-order valence-electron chi connectivity index (χ3n) is 6.07. The number of methoxy groups -OCH3 is 1. The SMILES string of the molecule is COc1ccc(NC(=O)N(c2ccccc2C(C)C)C2CCC(C(=O)NO)CC2)c(OC(F)F)n1. The first-order valence-corrected chi connectivity index (χ1v) is 11.4. The predicted molar refractivity (Wildman–Crippen MR) is 125 cm³/mol. The van der Waals surface area contributed by atoms with Gasteiger partial charge in [-0.25, -0.2) is 10.3 Å². The lowest BCUT2D eigenvalue weighted by Gasteiger charge is -2.37. The number of carbonyl (C=O) groups is 2. The first-order valence-electron chi connectivity index (χ1n) is 11.4. The maximum Gasteiger partial charge on any atom is 0.388 e. The highest BCUT2D eigenvalue weighted by Crippen LogP contribution is 2.36. The average Bonchev–Trinajstić information content (AvgIpc) is 2.85. The Bertz CT molecular complexity index is 1030. The molecule has 0 spiro atoms. The maximum absolute atomic E-state index is 13.6. The number of aromatic nitrogens is 1. The molecule has 1 aromatic carbocycles. The number of hydrogen-bond donors (Lipinski definition) is 3. The molecule has 0 aliphatic heterocycles. The van der Waals surface area contributed by atoms with Crippen molar-refractivity contribution < 1.29 is 33.1 Å². The first kappa shape index (κ1) is 26.1. The zero-order chi connectivity index (χ0) is 25.5. The Morgan fingerprint density at radius 2 is 1.80 bits per heavy atom. The molecule has 190 valence electrons. The molecular formula is C24H30F2N4O5. The molecule has 3 rings (SSSR count). The van der Waals surface area contributed by atoms with Crippen LogP contribution in [0, 0.1) is 5.92 Å². The van der Waals surface area contributed by atoms with Crippen molar-refractivity contribution in [2.45, 2.75) is 58.1 Å². The molecule has 9 nitrogen and oxygen atoms in total. The van der Waals surface area contributed by atoms with E-state index in [-0.39, 0.29) is 29.4 Å². The molecule has 0 unspecified atom stereocenters. The minimum Gasteiger partial charge on any atom is -0.481 e. The summed E-state index contributed by atoms with van der Waals surface area (Å²) in [5.41, 5.74) is 3.29. The fourth-order valence-corrected chi connectivity index (χ4v) is 4.34. The van der Waals surface area contributed by atoms with E-state index >= 15 is 0 Å². The van der Waals surface area contributed by atoms with Crippen LogP contribution < -0.4 is 25.2 Å². The van der Waals surface area contributed by atoms with Crippen LogP contribution in [0.1, 0.15) is 51.0 Å². The molecule has 0 bridgehead atoms. The van der Waals surface area contributed by atoms with Crippen molar-refractivity contribution in [1.82, 2.24) is 10.5 Å². The second-order valence-electron chi connectivity index (χ2n) is 8.58. The second-order valence-corrected chi connectivity index (χ2v) is 8.58.